The van der Waals surface area contributed by atoms with Gasteiger partial charge in [0.1, 0.15) is 6.67 Å². The van der Waals surface area contributed by atoms with E-state index in [2.05, 4.69) is 5.32 Å². The van der Waals surface area contributed by atoms with E-state index in [0.717, 1.165) is 0 Å². The molecular weight excluding hydrogens is 136 g/mol. The molecule has 0 amide bonds. The van der Waals surface area contributed by atoms with Crippen molar-refractivity contribution in [3.63, 3.8) is 0 Å². The molecule has 1 nitrogen and oxygen atoms in total. The van der Waals surface area contributed by atoms with Crippen LogP contribution in [-0.2, 0) is 0 Å². The monoisotopic (exact) mass is 151 g/mol. The first-order valence-electron chi connectivity index (χ1n) is 3.73. The summed E-state index contributed by atoms with van der Waals surface area (Å²) in [5.74, 6) is -0.0556. The predicted molar refractivity (Wildman–Crippen MR) is 38.6 cm³/mol. The SMILES string of the molecule is CC.FCC1CNC1CF. The molecule has 0 aliphatic carbocycles. The molecule has 1 N–H and O–H groups in total. The summed E-state index contributed by atoms with van der Waals surface area (Å²) in [6.45, 7) is 3.82. The third-order valence-electron chi connectivity index (χ3n) is 1.58. The van der Waals surface area contributed by atoms with E-state index >= 15 is 0 Å². The van der Waals surface area contributed by atoms with Crippen LogP contribution in [0.5, 0.6) is 0 Å². The van der Waals surface area contributed by atoms with Crippen molar-refractivity contribution in [3.05, 3.63) is 0 Å². The van der Waals surface area contributed by atoms with Gasteiger partial charge in [-0.3, -0.25) is 4.39 Å². The molecule has 0 bridgehead atoms. The molecule has 0 aromatic heterocycles. The minimum Gasteiger partial charge on any atom is -0.311 e. The average molecular weight is 151 g/mol. The molecule has 10 heavy (non-hydrogen) atoms. The van der Waals surface area contributed by atoms with Crippen molar-refractivity contribution in [1.82, 2.24) is 5.32 Å². The molecule has 1 aliphatic rings. The normalized spacial score (nSPS) is 30.0. The van der Waals surface area contributed by atoms with Gasteiger partial charge in [0.2, 0.25) is 0 Å². The molecular formula is C7H15F2N. The number of halogens is 2. The van der Waals surface area contributed by atoms with E-state index in [4.69, 9.17) is 0 Å². The van der Waals surface area contributed by atoms with Crippen LogP contribution in [0.25, 0.3) is 0 Å². The molecule has 2 unspecified atom stereocenters. The van der Waals surface area contributed by atoms with Crippen molar-refractivity contribution in [2.45, 2.75) is 19.9 Å². The van der Waals surface area contributed by atoms with Gasteiger partial charge < -0.3 is 5.32 Å². The van der Waals surface area contributed by atoms with Crippen LogP contribution in [0, 0.1) is 5.92 Å². The Kier molecular flexibility index (Phi) is 5.49. The van der Waals surface area contributed by atoms with Gasteiger partial charge in [-0.25, -0.2) is 4.39 Å². The van der Waals surface area contributed by atoms with Crippen molar-refractivity contribution in [2.75, 3.05) is 19.9 Å². The second kappa shape index (κ2) is 5.59. The lowest BCUT2D eigenvalue weighted by molar-refractivity contribution is 0.156. The molecule has 0 spiro atoms. The molecule has 3 heteroatoms. The lowest BCUT2D eigenvalue weighted by Crippen LogP contribution is -2.55. The van der Waals surface area contributed by atoms with E-state index in [-0.39, 0.29) is 18.6 Å². The highest BCUT2D eigenvalue weighted by molar-refractivity contribution is 4.86. The minimum atomic E-state index is -0.436. The van der Waals surface area contributed by atoms with E-state index in [1.807, 2.05) is 13.8 Å². The molecule has 1 saturated heterocycles. The second-order valence-electron chi connectivity index (χ2n) is 2.08. The highest BCUT2D eigenvalue weighted by atomic mass is 19.1. The van der Waals surface area contributed by atoms with Gasteiger partial charge in [0.05, 0.1) is 6.67 Å². The Morgan fingerprint density at radius 2 is 1.90 bits per heavy atom. The van der Waals surface area contributed by atoms with Gasteiger partial charge in [0.15, 0.2) is 0 Å². The van der Waals surface area contributed by atoms with E-state index < -0.39 is 6.67 Å². The van der Waals surface area contributed by atoms with E-state index in [9.17, 15) is 8.78 Å². The molecule has 0 radical (unpaired) electrons. The second-order valence-corrected chi connectivity index (χ2v) is 2.08. The molecule has 0 saturated carbocycles. The summed E-state index contributed by atoms with van der Waals surface area (Å²) in [5, 5.41) is 2.78. The predicted octanol–water partition coefficient (Wildman–Crippen LogP) is 1.54. The molecule has 1 heterocycles. The Bertz CT molecular complexity index is 64.0. The van der Waals surface area contributed by atoms with Crippen molar-refractivity contribution in [1.29, 1.82) is 0 Å². The van der Waals surface area contributed by atoms with Crippen LogP contribution in [0.1, 0.15) is 13.8 Å². The van der Waals surface area contributed by atoms with Crippen LogP contribution in [0.2, 0.25) is 0 Å². The fourth-order valence-electron chi connectivity index (χ4n) is 0.794. The van der Waals surface area contributed by atoms with Gasteiger partial charge in [-0.1, -0.05) is 13.8 Å². The third kappa shape index (κ3) is 2.21. The van der Waals surface area contributed by atoms with Crippen molar-refractivity contribution < 1.29 is 8.78 Å². The number of hydrogen-bond donors (Lipinski definition) is 1. The first kappa shape index (κ1) is 9.82. The summed E-state index contributed by atoms with van der Waals surface area (Å²) >= 11 is 0. The number of rotatable bonds is 2. The van der Waals surface area contributed by atoms with Gasteiger partial charge in [0, 0.05) is 18.5 Å². The molecule has 1 aliphatic heterocycles. The van der Waals surface area contributed by atoms with Crippen LogP contribution in [-0.4, -0.2) is 25.9 Å². The van der Waals surface area contributed by atoms with Crippen molar-refractivity contribution in [3.8, 4) is 0 Å². The Morgan fingerprint density at radius 1 is 1.30 bits per heavy atom. The Morgan fingerprint density at radius 3 is 2.00 bits per heavy atom. The van der Waals surface area contributed by atoms with Crippen LogP contribution in [0.3, 0.4) is 0 Å². The van der Waals surface area contributed by atoms with E-state index in [1.54, 1.807) is 0 Å². The number of alkyl halides is 2. The largest absolute Gasteiger partial charge is 0.311 e. The molecule has 62 valence electrons. The van der Waals surface area contributed by atoms with Gasteiger partial charge in [-0.15, -0.1) is 0 Å². The van der Waals surface area contributed by atoms with Crippen LogP contribution in [0.4, 0.5) is 8.78 Å². The highest BCUT2D eigenvalue weighted by Gasteiger charge is 2.29. The highest BCUT2D eigenvalue weighted by Crippen LogP contribution is 2.13. The zero-order valence-electron chi connectivity index (χ0n) is 6.53. The maximum Gasteiger partial charge on any atom is 0.105 e. The maximum atomic E-state index is 11.7. The Labute approximate surface area is 60.8 Å². The fraction of sp³-hybridized carbons (Fsp3) is 1.00. The molecule has 2 atom stereocenters. The first-order chi connectivity index (χ1) is 4.88. The summed E-state index contributed by atoms with van der Waals surface area (Å²) in [4.78, 5) is 0. The molecule has 1 rings (SSSR count). The topological polar surface area (TPSA) is 12.0 Å². The van der Waals surface area contributed by atoms with Crippen molar-refractivity contribution >= 4 is 0 Å². The van der Waals surface area contributed by atoms with Gasteiger partial charge in [-0.05, 0) is 0 Å². The number of hydrogen-bond acceptors (Lipinski definition) is 1. The van der Waals surface area contributed by atoms with Crippen LogP contribution in [0.15, 0.2) is 0 Å². The standard InChI is InChI=1S/C5H9F2N.C2H6/c6-1-4-3-8-5(4)2-7;1-2/h4-5,8H,1-3H2;1-2H3. The smallest absolute Gasteiger partial charge is 0.105 e. The quantitative estimate of drug-likeness (QED) is 0.631. The molecule has 0 aromatic carbocycles. The zero-order valence-corrected chi connectivity index (χ0v) is 6.53. The Balaban J connectivity index is 0.000000371. The average Bonchev–Trinajstić information content (AvgIpc) is 1.92. The van der Waals surface area contributed by atoms with Crippen molar-refractivity contribution in [2.24, 2.45) is 5.92 Å². The summed E-state index contributed by atoms with van der Waals surface area (Å²) in [6.07, 6.45) is 0. The molecule has 0 aromatic rings. The number of nitrogens with one attached hydrogen (secondary N) is 1. The lowest BCUT2D eigenvalue weighted by atomic mass is 9.94. The van der Waals surface area contributed by atoms with Gasteiger partial charge in [0.25, 0.3) is 0 Å². The van der Waals surface area contributed by atoms with Crippen LogP contribution >= 0.6 is 0 Å². The van der Waals surface area contributed by atoms with Gasteiger partial charge >= 0.3 is 0 Å². The van der Waals surface area contributed by atoms with E-state index in [0.29, 0.717) is 6.54 Å². The summed E-state index contributed by atoms with van der Waals surface area (Å²) in [7, 11) is 0. The van der Waals surface area contributed by atoms with E-state index in [1.165, 1.54) is 0 Å². The minimum absolute atomic E-state index is 0.0556. The fourth-order valence-corrected chi connectivity index (χ4v) is 0.794. The zero-order chi connectivity index (χ0) is 7.98. The molecule has 1 fully saturated rings. The first-order valence-corrected chi connectivity index (χ1v) is 3.73. The summed E-state index contributed by atoms with van der Waals surface area (Å²) in [5.41, 5.74) is 0. The Hall–Kier alpha value is -0.180. The van der Waals surface area contributed by atoms with Gasteiger partial charge in [-0.2, -0.15) is 0 Å². The lowest BCUT2D eigenvalue weighted by Gasteiger charge is -2.33. The third-order valence-corrected chi connectivity index (χ3v) is 1.58. The maximum absolute atomic E-state index is 11.7. The van der Waals surface area contributed by atoms with Crippen LogP contribution < -0.4 is 5.32 Å². The summed E-state index contributed by atoms with van der Waals surface area (Å²) in [6, 6.07) is -0.194. The summed E-state index contributed by atoms with van der Waals surface area (Å²) < 4.78 is 23.3.